The zero-order valence-electron chi connectivity index (χ0n) is 20.2. The van der Waals surface area contributed by atoms with E-state index in [1.165, 1.54) is 5.56 Å². The molecule has 35 heavy (non-hydrogen) atoms. The molecule has 1 aromatic carbocycles. The van der Waals surface area contributed by atoms with Crippen LogP contribution in [-0.4, -0.2) is 63.0 Å². The highest BCUT2D eigenvalue weighted by atomic mass is 16.5. The van der Waals surface area contributed by atoms with Gasteiger partial charge in [-0.3, -0.25) is 9.78 Å². The van der Waals surface area contributed by atoms with Crippen LogP contribution in [0.5, 0.6) is 5.75 Å². The Morgan fingerprint density at radius 2 is 2.09 bits per heavy atom. The lowest BCUT2D eigenvalue weighted by Crippen LogP contribution is -2.44. The van der Waals surface area contributed by atoms with Crippen LogP contribution in [0, 0.1) is 11.8 Å². The fraction of sp³-hybridized carbons (Fsp3) is 0.481. The summed E-state index contributed by atoms with van der Waals surface area (Å²) in [4.78, 5) is 18.7. The van der Waals surface area contributed by atoms with Crippen molar-refractivity contribution in [2.75, 3.05) is 26.7 Å². The van der Waals surface area contributed by atoms with Crippen LogP contribution in [-0.2, 0) is 11.2 Å². The van der Waals surface area contributed by atoms with Gasteiger partial charge in [-0.25, -0.2) is 0 Å². The van der Waals surface area contributed by atoms with Gasteiger partial charge >= 0.3 is 5.97 Å². The summed E-state index contributed by atoms with van der Waals surface area (Å²) >= 11 is 0. The lowest BCUT2D eigenvalue weighted by molar-refractivity contribution is -0.146. The predicted octanol–water partition coefficient (Wildman–Crippen LogP) is 3.89. The number of rotatable bonds is 11. The molecule has 8 heteroatoms. The molecule has 1 saturated heterocycles. The van der Waals surface area contributed by atoms with E-state index < -0.39 is 18.0 Å². The molecule has 1 aliphatic rings. The van der Waals surface area contributed by atoms with Crippen LogP contribution in [0.25, 0.3) is 10.9 Å². The minimum Gasteiger partial charge on any atom is -0.497 e. The summed E-state index contributed by atoms with van der Waals surface area (Å²) in [6.07, 6.45) is 9.59. The number of hydrogen-bond donors (Lipinski definition) is 2. The highest BCUT2D eigenvalue weighted by molar-refractivity contribution is 5.83. The van der Waals surface area contributed by atoms with Crippen LogP contribution >= 0.6 is 0 Å². The maximum Gasteiger partial charge on any atom is 0.308 e. The van der Waals surface area contributed by atoms with Crippen molar-refractivity contribution in [3.8, 4) is 5.75 Å². The summed E-state index contributed by atoms with van der Waals surface area (Å²) < 4.78 is 5.34. The highest BCUT2D eigenvalue weighted by Crippen LogP contribution is 2.33. The number of aliphatic carboxylic acids is 1. The molecule has 3 heterocycles. The molecule has 0 aliphatic carbocycles. The third-order valence-electron chi connectivity index (χ3n) is 7.14. The van der Waals surface area contributed by atoms with E-state index in [4.69, 9.17) is 4.74 Å². The van der Waals surface area contributed by atoms with Crippen molar-refractivity contribution in [3.05, 3.63) is 60.0 Å². The predicted molar refractivity (Wildman–Crippen MR) is 133 cm³/mol. The van der Waals surface area contributed by atoms with E-state index in [0.29, 0.717) is 19.4 Å². The fourth-order valence-corrected chi connectivity index (χ4v) is 5.12. The number of aliphatic hydroxyl groups is 1. The highest BCUT2D eigenvalue weighted by Gasteiger charge is 2.34. The summed E-state index contributed by atoms with van der Waals surface area (Å²) in [5, 5.41) is 29.5. The van der Waals surface area contributed by atoms with Gasteiger partial charge in [0.05, 0.1) is 30.8 Å². The van der Waals surface area contributed by atoms with Gasteiger partial charge in [0, 0.05) is 24.3 Å². The summed E-state index contributed by atoms with van der Waals surface area (Å²) in [6.45, 7) is 2.38. The Balaban J connectivity index is 1.30. The second-order valence-electron chi connectivity index (χ2n) is 9.38. The first-order chi connectivity index (χ1) is 17.0. The van der Waals surface area contributed by atoms with Crippen molar-refractivity contribution in [1.29, 1.82) is 0 Å². The molecule has 8 nitrogen and oxygen atoms in total. The Morgan fingerprint density at radius 3 is 2.86 bits per heavy atom. The van der Waals surface area contributed by atoms with Crippen molar-refractivity contribution in [3.63, 3.8) is 0 Å². The van der Waals surface area contributed by atoms with E-state index in [0.717, 1.165) is 61.0 Å². The van der Waals surface area contributed by atoms with Gasteiger partial charge in [0.1, 0.15) is 5.75 Å². The Hall–Kier alpha value is -3.10. The molecule has 4 rings (SSSR count). The zero-order chi connectivity index (χ0) is 24.6. The van der Waals surface area contributed by atoms with E-state index in [2.05, 4.69) is 20.1 Å². The van der Waals surface area contributed by atoms with Crippen LogP contribution in [0.2, 0.25) is 0 Å². The van der Waals surface area contributed by atoms with Gasteiger partial charge in [-0.1, -0.05) is 0 Å². The first-order valence-electron chi connectivity index (χ1n) is 12.4. The molecule has 2 aromatic heterocycles. The number of benzene rings is 1. The number of methoxy groups -OCH3 is 1. The van der Waals surface area contributed by atoms with Crippen molar-refractivity contribution < 1.29 is 19.7 Å². The Bertz CT molecular complexity index is 1110. The molecule has 0 saturated carbocycles. The summed E-state index contributed by atoms with van der Waals surface area (Å²) in [6, 6.07) is 9.45. The number of nitrogens with zero attached hydrogens (tertiary/aromatic N) is 4. The molecule has 1 unspecified atom stereocenters. The van der Waals surface area contributed by atoms with E-state index in [9.17, 15) is 15.0 Å². The maximum atomic E-state index is 12.1. The van der Waals surface area contributed by atoms with Crippen LogP contribution < -0.4 is 4.74 Å². The van der Waals surface area contributed by atoms with Crippen molar-refractivity contribution in [1.82, 2.24) is 20.1 Å². The number of carbonyl (C=O) groups is 1. The Morgan fingerprint density at radius 1 is 1.20 bits per heavy atom. The van der Waals surface area contributed by atoms with E-state index in [-0.39, 0.29) is 5.92 Å². The molecule has 1 aliphatic heterocycles. The summed E-state index contributed by atoms with van der Waals surface area (Å²) in [5.41, 5.74) is 2.79. The van der Waals surface area contributed by atoms with Gasteiger partial charge in [-0.05, 0) is 99.0 Å². The molecule has 3 atom stereocenters. The number of aromatic nitrogens is 3. The number of hydrogen-bond acceptors (Lipinski definition) is 7. The van der Waals surface area contributed by atoms with Crippen molar-refractivity contribution >= 4 is 16.9 Å². The van der Waals surface area contributed by atoms with Gasteiger partial charge in [-0.2, -0.15) is 10.2 Å². The molecule has 0 spiro atoms. The average Bonchev–Trinajstić information content (AvgIpc) is 2.89. The topological polar surface area (TPSA) is 109 Å². The normalized spacial score (nSPS) is 19.5. The number of aliphatic hydroxyl groups excluding tert-OH is 1. The standard InChI is InChI=1S/C27H34N4O4/c1-35-21-6-7-25-23(16-21)22(10-12-28-25)26(32)8-5-20-11-15-31(18-24(20)27(33)34)14-3-2-4-19-9-13-29-30-17-19/h6-7,9-10,12-13,16-17,20,24,26,32H,2-5,8,11,14-15,18H2,1H3,(H,33,34)/t20-,24+,26?/m1/s1. The quantitative estimate of drug-likeness (QED) is 0.400. The van der Waals surface area contributed by atoms with Crippen LogP contribution in [0.15, 0.2) is 48.9 Å². The lowest BCUT2D eigenvalue weighted by atomic mass is 9.81. The van der Waals surface area contributed by atoms with Gasteiger partial charge in [0.2, 0.25) is 0 Å². The smallest absolute Gasteiger partial charge is 0.308 e. The first-order valence-corrected chi connectivity index (χ1v) is 12.4. The van der Waals surface area contributed by atoms with Gasteiger partial charge in [0.25, 0.3) is 0 Å². The number of likely N-dealkylation sites (tertiary alicyclic amines) is 1. The van der Waals surface area contributed by atoms with Crippen LogP contribution in [0.3, 0.4) is 0 Å². The fourth-order valence-electron chi connectivity index (χ4n) is 5.12. The van der Waals surface area contributed by atoms with E-state index in [1.807, 2.05) is 30.3 Å². The number of fused-ring (bicyclic) bond motifs is 1. The SMILES string of the molecule is COc1ccc2nccc(C(O)CC[C@@H]3CCN(CCCCc4ccnnc4)C[C@@H]3C(=O)O)c2c1. The van der Waals surface area contributed by atoms with Crippen LogP contribution in [0.4, 0.5) is 0 Å². The third kappa shape index (κ3) is 6.52. The summed E-state index contributed by atoms with van der Waals surface area (Å²) in [7, 11) is 1.62. The van der Waals surface area contributed by atoms with E-state index >= 15 is 0 Å². The van der Waals surface area contributed by atoms with Crippen LogP contribution in [0.1, 0.15) is 49.3 Å². The largest absolute Gasteiger partial charge is 0.497 e. The monoisotopic (exact) mass is 478 g/mol. The Labute approximate surface area is 206 Å². The maximum absolute atomic E-state index is 12.1. The number of piperidine rings is 1. The number of carboxylic acids is 1. The van der Waals surface area contributed by atoms with Gasteiger partial charge in [-0.15, -0.1) is 0 Å². The molecular weight excluding hydrogens is 444 g/mol. The third-order valence-corrected chi connectivity index (χ3v) is 7.14. The molecule has 0 amide bonds. The lowest BCUT2D eigenvalue weighted by Gasteiger charge is -2.37. The molecule has 0 radical (unpaired) electrons. The molecule has 3 aromatic rings. The minimum absolute atomic E-state index is 0.0592. The minimum atomic E-state index is -0.740. The van der Waals surface area contributed by atoms with Crippen molar-refractivity contribution in [2.45, 2.75) is 44.6 Å². The second kappa shape index (κ2) is 12.0. The van der Waals surface area contributed by atoms with Crippen molar-refractivity contribution in [2.24, 2.45) is 11.8 Å². The van der Waals surface area contributed by atoms with Gasteiger partial charge in [0.15, 0.2) is 0 Å². The zero-order valence-corrected chi connectivity index (χ0v) is 20.2. The molecular formula is C27H34N4O4. The second-order valence-corrected chi connectivity index (χ2v) is 9.38. The Kier molecular flexibility index (Phi) is 8.60. The van der Waals surface area contributed by atoms with Gasteiger partial charge < -0.3 is 19.8 Å². The molecule has 0 bridgehead atoms. The molecule has 2 N–H and O–H groups in total. The number of unbranched alkanes of at least 4 members (excludes halogenated alkanes) is 1. The first kappa shape index (κ1) is 25.0. The molecule has 1 fully saturated rings. The molecule has 186 valence electrons. The average molecular weight is 479 g/mol. The number of ether oxygens (including phenoxy) is 1. The summed E-state index contributed by atoms with van der Waals surface area (Å²) in [5.74, 6) is -0.371. The number of carboxylic acid groups (broad SMARTS) is 1. The number of aryl methyl sites for hydroxylation is 1. The van der Waals surface area contributed by atoms with E-state index in [1.54, 1.807) is 25.7 Å². The number of pyridine rings is 1.